The Kier molecular flexibility index (Phi) is 6.75. The smallest absolute Gasteiger partial charge is 0.303 e. The number of esters is 2. The van der Waals surface area contributed by atoms with Crippen molar-refractivity contribution in [3.05, 3.63) is 0 Å². The summed E-state index contributed by atoms with van der Waals surface area (Å²) < 4.78 is 29.2. The standard InChI is InChI=1S/C13H21FO5S/c1-5-20-13-7(2)11(17-8(3)15)12(18-9(4)16)10(6-14)19-13/h7,10-13H,5-6H2,1-4H3/t7?,10?,11-,12-,13-/m1/s1. The van der Waals surface area contributed by atoms with Crippen molar-refractivity contribution in [1.82, 2.24) is 0 Å². The third kappa shape index (κ3) is 4.34. The van der Waals surface area contributed by atoms with Crippen molar-refractivity contribution in [1.29, 1.82) is 0 Å². The van der Waals surface area contributed by atoms with Crippen LogP contribution in [-0.2, 0) is 23.8 Å². The molecule has 1 rings (SSSR count). The number of thioether (sulfide) groups is 1. The van der Waals surface area contributed by atoms with E-state index in [-0.39, 0.29) is 11.4 Å². The van der Waals surface area contributed by atoms with Gasteiger partial charge >= 0.3 is 11.9 Å². The highest BCUT2D eigenvalue weighted by atomic mass is 32.2. The van der Waals surface area contributed by atoms with Crippen LogP contribution in [0.25, 0.3) is 0 Å². The Morgan fingerprint density at radius 1 is 1.20 bits per heavy atom. The summed E-state index contributed by atoms with van der Waals surface area (Å²) in [5.74, 6) is -0.447. The molecule has 1 heterocycles. The van der Waals surface area contributed by atoms with Gasteiger partial charge in [-0.3, -0.25) is 9.59 Å². The van der Waals surface area contributed by atoms with Gasteiger partial charge in [-0.25, -0.2) is 4.39 Å². The first kappa shape index (κ1) is 17.2. The number of rotatable bonds is 5. The first-order valence-electron chi connectivity index (χ1n) is 6.58. The predicted molar refractivity (Wildman–Crippen MR) is 73.0 cm³/mol. The minimum Gasteiger partial charge on any atom is -0.458 e. The van der Waals surface area contributed by atoms with E-state index in [1.54, 1.807) is 0 Å². The second kappa shape index (κ2) is 7.83. The SMILES string of the molecule is CCS[C@H]1OC(CF)[C@@H](OC(C)=O)[C@H](OC(C)=O)C1C. The molecule has 7 heteroatoms. The molecule has 0 bridgehead atoms. The van der Waals surface area contributed by atoms with E-state index in [1.807, 2.05) is 13.8 Å². The summed E-state index contributed by atoms with van der Waals surface area (Å²) in [6, 6.07) is 0. The van der Waals surface area contributed by atoms with Crippen molar-refractivity contribution >= 4 is 23.7 Å². The molecule has 1 fully saturated rings. The molecule has 0 aromatic rings. The van der Waals surface area contributed by atoms with Crippen molar-refractivity contribution in [2.45, 2.75) is 51.4 Å². The Balaban J connectivity index is 2.96. The average molecular weight is 308 g/mol. The number of alkyl halides is 1. The molecule has 0 aromatic carbocycles. The zero-order chi connectivity index (χ0) is 15.3. The fourth-order valence-corrected chi connectivity index (χ4v) is 3.23. The minimum atomic E-state index is -0.913. The number of carbonyl (C=O) groups excluding carboxylic acids is 2. The first-order valence-corrected chi connectivity index (χ1v) is 7.63. The molecule has 0 spiro atoms. The number of hydrogen-bond donors (Lipinski definition) is 0. The summed E-state index contributed by atoms with van der Waals surface area (Å²) in [6.45, 7) is 5.51. The number of hydrogen-bond acceptors (Lipinski definition) is 6. The Bertz CT molecular complexity index is 352. The van der Waals surface area contributed by atoms with E-state index in [2.05, 4.69) is 0 Å². The van der Waals surface area contributed by atoms with E-state index in [0.717, 1.165) is 5.75 Å². The Morgan fingerprint density at radius 2 is 1.75 bits per heavy atom. The summed E-state index contributed by atoms with van der Waals surface area (Å²) in [7, 11) is 0. The summed E-state index contributed by atoms with van der Waals surface area (Å²) in [5.41, 5.74) is -0.295. The third-order valence-corrected chi connectivity index (χ3v) is 4.24. The van der Waals surface area contributed by atoms with Crippen molar-refractivity contribution in [2.75, 3.05) is 12.4 Å². The van der Waals surface area contributed by atoms with E-state index in [9.17, 15) is 14.0 Å². The second-order valence-electron chi connectivity index (χ2n) is 4.66. The topological polar surface area (TPSA) is 61.8 Å². The molecule has 0 aliphatic carbocycles. The fraction of sp³-hybridized carbons (Fsp3) is 0.846. The van der Waals surface area contributed by atoms with Crippen LogP contribution in [0.5, 0.6) is 0 Å². The molecule has 1 saturated heterocycles. The lowest BCUT2D eigenvalue weighted by molar-refractivity contribution is -0.212. The Hall–Kier alpha value is -0.820. The van der Waals surface area contributed by atoms with Gasteiger partial charge in [0.25, 0.3) is 0 Å². The molecular weight excluding hydrogens is 287 g/mol. The van der Waals surface area contributed by atoms with Gasteiger partial charge in [-0.1, -0.05) is 13.8 Å². The number of ether oxygens (including phenoxy) is 3. The van der Waals surface area contributed by atoms with Crippen LogP contribution >= 0.6 is 11.8 Å². The van der Waals surface area contributed by atoms with Gasteiger partial charge in [-0.05, 0) is 5.75 Å². The Labute approximate surface area is 122 Å². The first-order chi connectivity index (χ1) is 9.40. The van der Waals surface area contributed by atoms with Gasteiger partial charge in [0.1, 0.15) is 24.3 Å². The zero-order valence-corrected chi connectivity index (χ0v) is 12.9. The number of halogens is 1. The van der Waals surface area contributed by atoms with Crippen molar-refractivity contribution in [3.63, 3.8) is 0 Å². The predicted octanol–water partition coefficient (Wildman–Crippen LogP) is 1.93. The van der Waals surface area contributed by atoms with Crippen molar-refractivity contribution in [2.24, 2.45) is 5.92 Å². The monoisotopic (exact) mass is 308 g/mol. The highest BCUT2D eigenvalue weighted by Gasteiger charge is 2.47. The van der Waals surface area contributed by atoms with Crippen LogP contribution in [0.15, 0.2) is 0 Å². The van der Waals surface area contributed by atoms with E-state index in [1.165, 1.54) is 25.6 Å². The van der Waals surface area contributed by atoms with Gasteiger partial charge in [0, 0.05) is 19.8 Å². The lowest BCUT2D eigenvalue weighted by atomic mass is 9.93. The van der Waals surface area contributed by atoms with Crippen LogP contribution in [0.1, 0.15) is 27.7 Å². The molecule has 20 heavy (non-hydrogen) atoms. The molecule has 0 saturated carbocycles. The second-order valence-corrected chi connectivity index (χ2v) is 6.04. The fourth-order valence-electron chi connectivity index (χ4n) is 2.22. The quantitative estimate of drug-likeness (QED) is 0.723. The lowest BCUT2D eigenvalue weighted by Crippen LogP contribution is -2.56. The largest absolute Gasteiger partial charge is 0.458 e. The van der Waals surface area contributed by atoms with Gasteiger partial charge < -0.3 is 14.2 Å². The third-order valence-electron chi connectivity index (χ3n) is 3.03. The normalized spacial score (nSPS) is 33.5. The highest BCUT2D eigenvalue weighted by molar-refractivity contribution is 7.99. The maximum Gasteiger partial charge on any atom is 0.303 e. The molecule has 0 aromatic heterocycles. The van der Waals surface area contributed by atoms with E-state index in [0.29, 0.717) is 0 Å². The lowest BCUT2D eigenvalue weighted by Gasteiger charge is -2.43. The maximum absolute atomic E-state index is 13.2. The average Bonchev–Trinajstić information content (AvgIpc) is 2.36. The van der Waals surface area contributed by atoms with Gasteiger partial charge in [0.15, 0.2) is 6.10 Å². The van der Waals surface area contributed by atoms with Crippen LogP contribution in [0.3, 0.4) is 0 Å². The summed E-state index contributed by atoms with van der Waals surface area (Å²) in [5, 5.41) is 0. The maximum atomic E-state index is 13.2. The van der Waals surface area contributed by atoms with Crippen LogP contribution in [0.4, 0.5) is 4.39 Å². The van der Waals surface area contributed by atoms with E-state index < -0.39 is 36.9 Å². The minimum absolute atomic E-state index is 0.198. The van der Waals surface area contributed by atoms with Crippen LogP contribution in [0, 0.1) is 5.92 Å². The molecule has 116 valence electrons. The molecule has 1 aliphatic rings. The van der Waals surface area contributed by atoms with Crippen molar-refractivity contribution in [3.8, 4) is 0 Å². The van der Waals surface area contributed by atoms with Gasteiger partial charge in [0.2, 0.25) is 0 Å². The van der Waals surface area contributed by atoms with Crippen molar-refractivity contribution < 1.29 is 28.2 Å². The van der Waals surface area contributed by atoms with E-state index >= 15 is 0 Å². The molecule has 5 nitrogen and oxygen atoms in total. The molecule has 1 aliphatic heterocycles. The van der Waals surface area contributed by atoms with Gasteiger partial charge in [0.05, 0.1) is 0 Å². The molecule has 0 N–H and O–H groups in total. The summed E-state index contributed by atoms with van der Waals surface area (Å²) in [6.07, 6.45) is -2.52. The van der Waals surface area contributed by atoms with Gasteiger partial charge in [-0.15, -0.1) is 11.8 Å². The zero-order valence-electron chi connectivity index (χ0n) is 12.1. The Morgan fingerprint density at radius 3 is 2.20 bits per heavy atom. The molecule has 2 unspecified atom stereocenters. The van der Waals surface area contributed by atoms with Crippen LogP contribution in [-0.4, -0.2) is 48.1 Å². The van der Waals surface area contributed by atoms with Gasteiger partial charge in [-0.2, -0.15) is 0 Å². The molecule has 0 amide bonds. The van der Waals surface area contributed by atoms with Crippen LogP contribution in [0.2, 0.25) is 0 Å². The van der Waals surface area contributed by atoms with E-state index in [4.69, 9.17) is 14.2 Å². The summed E-state index contributed by atoms with van der Waals surface area (Å²) >= 11 is 1.51. The highest BCUT2D eigenvalue weighted by Crippen LogP contribution is 2.35. The molecule has 5 atom stereocenters. The summed E-state index contributed by atoms with van der Waals surface area (Å²) in [4.78, 5) is 22.4. The van der Waals surface area contributed by atoms with Crippen LogP contribution < -0.4 is 0 Å². The number of carbonyl (C=O) groups is 2. The molecule has 0 radical (unpaired) electrons. The molecular formula is C13H21FO5S.